The Balaban J connectivity index is 1.46. The number of piperazine rings is 1. The summed E-state index contributed by atoms with van der Waals surface area (Å²) in [5.74, 6) is -0.133. The number of anilines is 2. The number of ether oxygens (including phenoxy) is 1. The van der Waals surface area contributed by atoms with Gasteiger partial charge in [-0.3, -0.25) is 0 Å². The number of rotatable bonds is 9. The Labute approximate surface area is 229 Å². The van der Waals surface area contributed by atoms with Crippen LogP contribution in [0.2, 0.25) is 0 Å². The molecule has 1 aromatic heterocycles. The molecule has 0 unspecified atom stereocenters. The Kier molecular flexibility index (Phi) is 8.25. The second-order valence-electron chi connectivity index (χ2n) is 9.64. The monoisotopic (exact) mass is 529 g/mol. The zero-order valence-corrected chi connectivity index (χ0v) is 23.2. The van der Waals surface area contributed by atoms with Crippen LogP contribution in [-0.2, 0) is 11.2 Å². The summed E-state index contributed by atoms with van der Waals surface area (Å²) in [6, 6.07) is 25.5. The molecule has 0 N–H and O–H groups in total. The van der Waals surface area contributed by atoms with E-state index < -0.39 is 5.97 Å². The SMILES string of the molecule is CCOC(=O)c1oc2ccc(SN(CCc3ccccc3)c3ccccc3N3CCN(C)CC3)cc2c1C. The smallest absolute Gasteiger partial charge is 0.374 e. The standard InChI is InChI=1S/C31H35N3O3S/c1-4-36-31(35)30-23(2)26-22-25(14-15-29(26)37-30)38-34(17-16-24-10-6-5-7-11-24)28-13-9-8-12-27(28)33-20-18-32(3)19-21-33/h5-15,22H,4,16-21H2,1-3H3. The third-order valence-corrected chi connectivity index (χ3v) is 8.09. The molecule has 0 amide bonds. The number of carbonyl (C=O) groups excluding carboxylic acids is 1. The van der Waals surface area contributed by atoms with Gasteiger partial charge in [0.1, 0.15) is 5.58 Å². The molecule has 2 heterocycles. The van der Waals surface area contributed by atoms with Crippen LogP contribution in [0.15, 0.2) is 82.1 Å². The maximum atomic E-state index is 12.4. The van der Waals surface area contributed by atoms with Crippen LogP contribution in [0.3, 0.4) is 0 Å². The van der Waals surface area contributed by atoms with Gasteiger partial charge in [0.15, 0.2) is 0 Å². The van der Waals surface area contributed by atoms with Crippen LogP contribution >= 0.6 is 11.9 Å². The Morgan fingerprint density at radius 1 is 1.00 bits per heavy atom. The van der Waals surface area contributed by atoms with Gasteiger partial charge in [-0.2, -0.15) is 0 Å². The van der Waals surface area contributed by atoms with E-state index in [9.17, 15) is 4.79 Å². The average Bonchev–Trinajstić information content (AvgIpc) is 3.28. The number of hydrogen-bond donors (Lipinski definition) is 0. The van der Waals surface area contributed by atoms with Gasteiger partial charge in [0.05, 0.1) is 18.0 Å². The zero-order chi connectivity index (χ0) is 26.5. The lowest BCUT2D eigenvalue weighted by Crippen LogP contribution is -2.44. The molecule has 1 aliphatic rings. The van der Waals surface area contributed by atoms with Gasteiger partial charge in [-0.05, 0) is 75.2 Å². The average molecular weight is 530 g/mol. The quantitative estimate of drug-likeness (QED) is 0.183. The number of hydrogen-bond acceptors (Lipinski definition) is 7. The molecule has 1 aliphatic heterocycles. The zero-order valence-electron chi connectivity index (χ0n) is 22.4. The number of aryl methyl sites for hydroxylation is 1. The third-order valence-electron chi connectivity index (χ3n) is 7.02. The number of esters is 1. The van der Waals surface area contributed by atoms with Crippen molar-refractivity contribution in [2.24, 2.45) is 0 Å². The van der Waals surface area contributed by atoms with E-state index in [-0.39, 0.29) is 5.76 Å². The van der Waals surface area contributed by atoms with Crippen LogP contribution in [0.25, 0.3) is 11.0 Å². The molecular weight excluding hydrogens is 494 g/mol. The fourth-order valence-corrected chi connectivity index (χ4v) is 5.85. The summed E-state index contributed by atoms with van der Waals surface area (Å²) in [6.07, 6.45) is 0.935. The molecule has 198 valence electrons. The number of nitrogens with zero attached hydrogens (tertiary/aromatic N) is 3. The van der Waals surface area contributed by atoms with Crippen molar-refractivity contribution in [3.05, 3.63) is 89.7 Å². The van der Waals surface area contributed by atoms with Crippen LogP contribution in [0.5, 0.6) is 0 Å². The van der Waals surface area contributed by atoms with Crippen molar-refractivity contribution in [3.63, 3.8) is 0 Å². The highest BCUT2D eigenvalue weighted by molar-refractivity contribution is 8.00. The lowest BCUT2D eigenvalue weighted by molar-refractivity contribution is 0.0491. The molecule has 0 saturated carbocycles. The van der Waals surface area contributed by atoms with Crippen molar-refractivity contribution in [2.75, 3.05) is 55.6 Å². The van der Waals surface area contributed by atoms with Crippen molar-refractivity contribution in [3.8, 4) is 0 Å². The van der Waals surface area contributed by atoms with E-state index in [1.165, 1.54) is 16.9 Å². The summed E-state index contributed by atoms with van der Waals surface area (Å²) in [7, 11) is 2.19. The van der Waals surface area contributed by atoms with Crippen LogP contribution in [0.1, 0.15) is 28.6 Å². The summed E-state index contributed by atoms with van der Waals surface area (Å²) in [5, 5.41) is 0.938. The Morgan fingerprint density at radius 3 is 2.50 bits per heavy atom. The molecule has 0 bridgehead atoms. The van der Waals surface area contributed by atoms with E-state index in [1.54, 1.807) is 18.9 Å². The van der Waals surface area contributed by atoms with Gasteiger partial charge in [0, 0.05) is 48.6 Å². The van der Waals surface area contributed by atoms with Crippen molar-refractivity contribution in [1.29, 1.82) is 0 Å². The number of furan rings is 1. The minimum atomic E-state index is -0.416. The Hall–Kier alpha value is -3.42. The first-order valence-corrected chi connectivity index (χ1v) is 14.0. The highest BCUT2D eigenvalue weighted by Gasteiger charge is 2.22. The predicted molar refractivity (Wildman–Crippen MR) is 156 cm³/mol. The minimum Gasteiger partial charge on any atom is -0.460 e. The minimum absolute atomic E-state index is 0.283. The van der Waals surface area contributed by atoms with E-state index in [0.717, 1.165) is 55.0 Å². The summed E-state index contributed by atoms with van der Waals surface area (Å²) in [5.41, 5.74) is 5.31. The van der Waals surface area contributed by atoms with Gasteiger partial charge in [-0.25, -0.2) is 4.79 Å². The van der Waals surface area contributed by atoms with E-state index in [1.807, 2.05) is 13.0 Å². The molecule has 38 heavy (non-hydrogen) atoms. The summed E-state index contributed by atoms with van der Waals surface area (Å²) < 4.78 is 13.5. The Morgan fingerprint density at radius 2 is 1.74 bits per heavy atom. The molecular formula is C31H35N3O3S. The van der Waals surface area contributed by atoms with Gasteiger partial charge < -0.3 is 23.3 Å². The van der Waals surface area contributed by atoms with E-state index >= 15 is 0 Å². The third kappa shape index (κ3) is 5.84. The molecule has 0 atom stereocenters. The number of benzene rings is 3. The highest BCUT2D eigenvalue weighted by Crippen LogP contribution is 2.38. The Bertz CT molecular complexity index is 1380. The molecule has 0 spiro atoms. The fourth-order valence-electron chi connectivity index (χ4n) is 4.86. The van der Waals surface area contributed by atoms with Gasteiger partial charge in [0.2, 0.25) is 5.76 Å². The fraction of sp³-hybridized carbons (Fsp3) is 0.323. The van der Waals surface area contributed by atoms with Gasteiger partial charge in [0.25, 0.3) is 0 Å². The highest BCUT2D eigenvalue weighted by atomic mass is 32.2. The summed E-state index contributed by atoms with van der Waals surface area (Å²) >= 11 is 1.73. The second kappa shape index (κ2) is 12.0. The number of fused-ring (bicyclic) bond motifs is 1. The maximum Gasteiger partial charge on any atom is 0.374 e. The lowest BCUT2D eigenvalue weighted by atomic mass is 10.1. The van der Waals surface area contributed by atoms with Gasteiger partial charge >= 0.3 is 5.97 Å². The summed E-state index contributed by atoms with van der Waals surface area (Å²) in [4.78, 5) is 18.4. The van der Waals surface area contributed by atoms with E-state index in [0.29, 0.717) is 12.2 Å². The normalized spacial score (nSPS) is 14.1. The number of carbonyl (C=O) groups is 1. The lowest BCUT2D eigenvalue weighted by Gasteiger charge is -2.37. The van der Waals surface area contributed by atoms with E-state index in [2.05, 4.69) is 87.9 Å². The first-order chi connectivity index (χ1) is 18.5. The molecule has 3 aromatic carbocycles. The first-order valence-electron chi connectivity index (χ1n) is 13.3. The van der Waals surface area contributed by atoms with Crippen LogP contribution in [-0.4, -0.2) is 57.2 Å². The summed E-state index contributed by atoms with van der Waals surface area (Å²) in [6.45, 7) is 9.05. The van der Waals surface area contributed by atoms with Gasteiger partial charge in [-0.1, -0.05) is 42.5 Å². The largest absolute Gasteiger partial charge is 0.460 e. The molecule has 5 rings (SSSR count). The number of para-hydroxylation sites is 2. The molecule has 4 aromatic rings. The van der Waals surface area contributed by atoms with E-state index in [4.69, 9.17) is 9.15 Å². The van der Waals surface area contributed by atoms with Gasteiger partial charge in [-0.15, -0.1) is 0 Å². The molecule has 7 heteroatoms. The molecule has 6 nitrogen and oxygen atoms in total. The first kappa shape index (κ1) is 26.2. The number of likely N-dealkylation sites (N-methyl/N-ethyl adjacent to an activating group) is 1. The molecule has 1 saturated heterocycles. The molecule has 1 fully saturated rings. The van der Waals surface area contributed by atoms with Crippen molar-refractivity contribution >= 4 is 40.3 Å². The van der Waals surface area contributed by atoms with Crippen molar-refractivity contribution in [2.45, 2.75) is 25.2 Å². The van der Waals surface area contributed by atoms with Crippen LogP contribution in [0.4, 0.5) is 11.4 Å². The molecule has 0 radical (unpaired) electrons. The predicted octanol–water partition coefficient (Wildman–Crippen LogP) is 6.43. The topological polar surface area (TPSA) is 49.2 Å². The van der Waals surface area contributed by atoms with Crippen molar-refractivity contribution in [1.82, 2.24) is 4.90 Å². The molecule has 0 aliphatic carbocycles. The van der Waals surface area contributed by atoms with Crippen LogP contribution in [0, 0.1) is 6.92 Å². The van der Waals surface area contributed by atoms with Crippen LogP contribution < -0.4 is 9.21 Å². The maximum absolute atomic E-state index is 12.4. The second-order valence-corrected chi connectivity index (χ2v) is 10.7. The van der Waals surface area contributed by atoms with Crippen molar-refractivity contribution < 1.29 is 13.9 Å².